The fraction of sp³-hybridized carbons (Fsp3) is 0.400. The number of urea groups is 1. The molecule has 0 aromatic carbocycles. The molecule has 1 atom stereocenters. The fourth-order valence-corrected chi connectivity index (χ4v) is 2.16. The molecular formula is C10H14N6OS. The Bertz CT molecular complexity index is 515. The smallest absolute Gasteiger partial charge is 0.321 e. The molecule has 96 valence electrons. The third kappa shape index (κ3) is 2.83. The van der Waals surface area contributed by atoms with Gasteiger partial charge in [0.2, 0.25) is 0 Å². The van der Waals surface area contributed by atoms with Gasteiger partial charge < -0.3 is 5.32 Å². The van der Waals surface area contributed by atoms with Gasteiger partial charge in [0, 0.05) is 4.88 Å². The molecule has 0 bridgehead atoms. The number of nitrogens with one attached hydrogen (secondary N) is 3. The van der Waals surface area contributed by atoms with Crippen LogP contribution in [0.2, 0.25) is 0 Å². The topological polar surface area (TPSA) is 95.6 Å². The second-order valence-electron chi connectivity index (χ2n) is 3.85. The average molecular weight is 266 g/mol. The lowest BCUT2D eigenvalue weighted by atomic mass is 10.3. The van der Waals surface area contributed by atoms with Crippen molar-refractivity contribution in [1.29, 1.82) is 0 Å². The first kappa shape index (κ1) is 12.5. The first-order valence-corrected chi connectivity index (χ1v) is 6.24. The minimum absolute atomic E-state index is 0.241. The second-order valence-corrected chi connectivity index (χ2v) is 5.05. The van der Waals surface area contributed by atoms with Gasteiger partial charge in [0.15, 0.2) is 5.13 Å². The zero-order chi connectivity index (χ0) is 13.1. The SMILES string of the molecule is Cc1nc(NC(=O)NC(C)c2ncn[nH]2)sc1C. The minimum atomic E-state index is -0.312. The molecule has 2 rings (SSSR count). The van der Waals surface area contributed by atoms with Crippen molar-refractivity contribution >= 4 is 22.5 Å². The molecule has 2 amide bonds. The van der Waals surface area contributed by atoms with E-state index in [4.69, 9.17) is 0 Å². The molecule has 3 N–H and O–H groups in total. The quantitative estimate of drug-likeness (QED) is 0.788. The average Bonchev–Trinajstić information content (AvgIpc) is 2.89. The zero-order valence-corrected chi connectivity index (χ0v) is 11.1. The molecule has 0 saturated heterocycles. The van der Waals surface area contributed by atoms with E-state index in [2.05, 4.69) is 30.8 Å². The van der Waals surface area contributed by atoms with Gasteiger partial charge in [-0.05, 0) is 20.8 Å². The van der Waals surface area contributed by atoms with Crippen molar-refractivity contribution in [2.45, 2.75) is 26.8 Å². The van der Waals surface area contributed by atoms with Crippen molar-refractivity contribution in [2.24, 2.45) is 0 Å². The van der Waals surface area contributed by atoms with Crippen LogP contribution in [0.5, 0.6) is 0 Å². The number of aryl methyl sites for hydroxylation is 2. The molecule has 0 radical (unpaired) electrons. The van der Waals surface area contributed by atoms with Gasteiger partial charge in [-0.3, -0.25) is 10.4 Å². The molecule has 2 aromatic rings. The summed E-state index contributed by atoms with van der Waals surface area (Å²) in [5.74, 6) is 0.608. The van der Waals surface area contributed by atoms with E-state index < -0.39 is 0 Å². The Balaban J connectivity index is 1.93. The monoisotopic (exact) mass is 266 g/mol. The summed E-state index contributed by atoms with van der Waals surface area (Å²) in [7, 11) is 0. The summed E-state index contributed by atoms with van der Waals surface area (Å²) < 4.78 is 0. The van der Waals surface area contributed by atoms with E-state index in [0.29, 0.717) is 11.0 Å². The van der Waals surface area contributed by atoms with Crippen molar-refractivity contribution in [1.82, 2.24) is 25.5 Å². The van der Waals surface area contributed by atoms with Crippen molar-refractivity contribution in [3.63, 3.8) is 0 Å². The van der Waals surface area contributed by atoms with E-state index in [9.17, 15) is 4.79 Å². The van der Waals surface area contributed by atoms with Gasteiger partial charge in [-0.2, -0.15) is 5.10 Å². The third-order valence-corrected chi connectivity index (χ3v) is 3.43. The van der Waals surface area contributed by atoms with Crippen LogP contribution in [0.4, 0.5) is 9.93 Å². The first-order valence-electron chi connectivity index (χ1n) is 5.43. The molecule has 0 aliphatic rings. The molecule has 18 heavy (non-hydrogen) atoms. The van der Waals surface area contributed by atoms with Crippen LogP contribution in [0.15, 0.2) is 6.33 Å². The molecular weight excluding hydrogens is 252 g/mol. The Kier molecular flexibility index (Phi) is 3.56. The van der Waals surface area contributed by atoms with E-state index in [1.54, 1.807) is 0 Å². The highest BCUT2D eigenvalue weighted by Gasteiger charge is 2.13. The number of aromatic nitrogens is 4. The summed E-state index contributed by atoms with van der Waals surface area (Å²) in [6.07, 6.45) is 1.40. The van der Waals surface area contributed by atoms with Crippen LogP contribution in [0.25, 0.3) is 0 Å². The summed E-state index contributed by atoms with van der Waals surface area (Å²) in [5, 5.41) is 12.5. The van der Waals surface area contributed by atoms with Gasteiger partial charge in [0.1, 0.15) is 12.2 Å². The molecule has 2 aromatic heterocycles. The van der Waals surface area contributed by atoms with Gasteiger partial charge in [0.25, 0.3) is 0 Å². The molecule has 0 saturated carbocycles. The summed E-state index contributed by atoms with van der Waals surface area (Å²) in [6, 6.07) is -0.553. The van der Waals surface area contributed by atoms with Gasteiger partial charge in [0.05, 0.1) is 11.7 Å². The maximum Gasteiger partial charge on any atom is 0.321 e. The number of aromatic amines is 1. The maximum atomic E-state index is 11.7. The molecule has 0 spiro atoms. The van der Waals surface area contributed by atoms with E-state index in [-0.39, 0.29) is 12.1 Å². The number of hydrogen-bond acceptors (Lipinski definition) is 5. The van der Waals surface area contributed by atoms with Crippen LogP contribution < -0.4 is 10.6 Å². The van der Waals surface area contributed by atoms with Crippen molar-refractivity contribution in [2.75, 3.05) is 5.32 Å². The van der Waals surface area contributed by atoms with Crippen LogP contribution in [0.3, 0.4) is 0 Å². The van der Waals surface area contributed by atoms with Crippen LogP contribution in [-0.4, -0.2) is 26.2 Å². The Hall–Kier alpha value is -1.96. The highest BCUT2D eigenvalue weighted by molar-refractivity contribution is 7.15. The molecule has 2 heterocycles. The molecule has 8 heteroatoms. The van der Waals surface area contributed by atoms with E-state index in [0.717, 1.165) is 10.6 Å². The largest absolute Gasteiger partial charge is 0.328 e. The van der Waals surface area contributed by atoms with Gasteiger partial charge in [-0.15, -0.1) is 11.3 Å². The molecule has 0 fully saturated rings. The zero-order valence-electron chi connectivity index (χ0n) is 10.3. The molecule has 7 nitrogen and oxygen atoms in total. The lowest BCUT2D eigenvalue weighted by Crippen LogP contribution is -2.31. The number of anilines is 1. The second kappa shape index (κ2) is 5.13. The number of thiazole rings is 1. The number of hydrogen-bond donors (Lipinski definition) is 3. The van der Waals surface area contributed by atoms with E-state index in [1.807, 2.05) is 20.8 Å². The van der Waals surface area contributed by atoms with Gasteiger partial charge >= 0.3 is 6.03 Å². The van der Waals surface area contributed by atoms with E-state index in [1.165, 1.54) is 17.7 Å². The van der Waals surface area contributed by atoms with Crippen molar-refractivity contribution < 1.29 is 4.79 Å². The molecule has 1 unspecified atom stereocenters. The Labute approximate surface area is 108 Å². The summed E-state index contributed by atoms with van der Waals surface area (Å²) >= 11 is 1.45. The van der Waals surface area contributed by atoms with Gasteiger partial charge in [-0.1, -0.05) is 0 Å². The lowest BCUT2D eigenvalue weighted by Gasteiger charge is -2.10. The Morgan fingerprint density at radius 3 is 2.83 bits per heavy atom. The van der Waals surface area contributed by atoms with Crippen molar-refractivity contribution in [3.05, 3.63) is 22.7 Å². The maximum absolute atomic E-state index is 11.7. The number of amides is 2. The fourth-order valence-electron chi connectivity index (χ4n) is 1.35. The van der Waals surface area contributed by atoms with Crippen molar-refractivity contribution in [3.8, 4) is 0 Å². The van der Waals surface area contributed by atoms with E-state index >= 15 is 0 Å². The Morgan fingerprint density at radius 1 is 1.50 bits per heavy atom. The highest BCUT2D eigenvalue weighted by Crippen LogP contribution is 2.20. The lowest BCUT2D eigenvalue weighted by molar-refractivity contribution is 0.249. The number of nitrogens with zero attached hydrogens (tertiary/aromatic N) is 3. The standard InChI is InChI=1S/C10H14N6OS/c1-5-7(3)18-10(14-5)15-9(17)13-6(2)8-11-4-12-16-8/h4,6H,1-3H3,(H,11,12,16)(H2,13,14,15,17). The summed E-state index contributed by atoms with van der Waals surface area (Å²) in [4.78, 5) is 21.0. The number of rotatable bonds is 3. The first-order chi connectivity index (χ1) is 8.56. The van der Waals surface area contributed by atoms with Gasteiger partial charge in [-0.25, -0.2) is 14.8 Å². The summed E-state index contributed by atoms with van der Waals surface area (Å²) in [6.45, 7) is 5.69. The normalized spacial score (nSPS) is 12.2. The van der Waals surface area contributed by atoms with Crippen LogP contribution in [0, 0.1) is 13.8 Å². The predicted octanol–water partition coefficient (Wildman–Crippen LogP) is 1.76. The minimum Gasteiger partial charge on any atom is -0.328 e. The summed E-state index contributed by atoms with van der Waals surface area (Å²) in [5.41, 5.74) is 0.929. The van der Waals surface area contributed by atoms with Crippen LogP contribution >= 0.6 is 11.3 Å². The van der Waals surface area contributed by atoms with Crippen LogP contribution in [-0.2, 0) is 0 Å². The highest BCUT2D eigenvalue weighted by atomic mass is 32.1. The predicted molar refractivity (Wildman–Crippen MR) is 68.5 cm³/mol. The molecule has 0 aliphatic carbocycles. The Morgan fingerprint density at radius 2 is 2.28 bits per heavy atom. The number of carbonyl (C=O) groups excluding carboxylic acids is 1. The van der Waals surface area contributed by atoms with Crippen LogP contribution in [0.1, 0.15) is 29.4 Å². The third-order valence-electron chi connectivity index (χ3n) is 2.44. The number of carbonyl (C=O) groups is 1. The number of H-pyrrole nitrogens is 1. The molecule has 0 aliphatic heterocycles.